The third kappa shape index (κ3) is 1.28. The molecule has 1 aromatic carbocycles. The SMILES string of the molecule is Nc1ncc2c3c1c(=O)c1ccccc1n3CCC2. The molecule has 3 heterocycles. The van der Waals surface area contributed by atoms with Gasteiger partial charge in [-0.2, -0.15) is 0 Å². The van der Waals surface area contributed by atoms with Crippen molar-refractivity contribution in [3.8, 4) is 0 Å². The Morgan fingerprint density at radius 1 is 1.26 bits per heavy atom. The standard InChI is InChI=1S/C15H13N3O/c16-15-12-13-9(8-17-15)4-3-7-18(13)11-6-2-1-5-10(11)14(12)19/h1-2,5-6,8H,3-4,7H2,(H2,16,17). The van der Waals surface area contributed by atoms with Gasteiger partial charge < -0.3 is 10.3 Å². The lowest BCUT2D eigenvalue weighted by Crippen LogP contribution is -2.18. The second-order valence-electron chi connectivity index (χ2n) is 4.99. The maximum absolute atomic E-state index is 12.6. The fourth-order valence-electron chi connectivity index (χ4n) is 3.09. The van der Waals surface area contributed by atoms with Gasteiger partial charge in [-0.05, 0) is 30.5 Å². The van der Waals surface area contributed by atoms with E-state index in [9.17, 15) is 4.79 Å². The second-order valence-corrected chi connectivity index (χ2v) is 4.99. The number of pyridine rings is 2. The molecule has 0 radical (unpaired) electrons. The van der Waals surface area contributed by atoms with Gasteiger partial charge in [0.25, 0.3) is 0 Å². The summed E-state index contributed by atoms with van der Waals surface area (Å²) in [5.41, 5.74) is 9.03. The smallest absolute Gasteiger partial charge is 0.200 e. The van der Waals surface area contributed by atoms with Crippen LogP contribution in [0.25, 0.3) is 21.8 Å². The van der Waals surface area contributed by atoms with E-state index in [-0.39, 0.29) is 5.43 Å². The molecule has 0 bridgehead atoms. The van der Waals surface area contributed by atoms with Crippen molar-refractivity contribution in [1.82, 2.24) is 9.55 Å². The lowest BCUT2D eigenvalue weighted by atomic mass is 10.0. The van der Waals surface area contributed by atoms with Gasteiger partial charge in [0.2, 0.25) is 5.43 Å². The fraction of sp³-hybridized carbons (Fsp3) is 0.200. The van der Waals surface area contributed by atoms with Crippen molar-refractivity contribution in [3.05, 3.63) is 46.2 Å². The third-order valence-electron chi connectivity index (χ3n) is 3.92. The first kappa shape index (κ1) is 10.6. The molecule has 0 atom stereocenters. The van der Waals surface area contributed by atoms with Gasteiger partial charge >= 0.3 is 0 Å². The number of benzene rings is 1. The van der Waals surface area contributed by atoms with Gasteiger partial charge in [-0.3, -0.25) is 4.79 Å². The van der Waals surface area contributed by atoms with Crippen molar-refractivity contribution >= 4 is 27.6 Å². The minimum atomic E-state index is -0.00407. The lowest BCUT2D eigenvalue weighted by molar-refractivity contribution is 0.646. The van der Waals surface area contributed by atoms with Crippen molar-refractivity contribution in [2.75, 3.05) is 5.73 Å². The number of fused-ring (bicyclic) bond motifs is 2. The van der Waals surface area contributed by atoms with E-state index in [1.165, 1.54) is 0 Å². The van der Waals surface area contributed by atoms with Crippen LogP contribution in [0.1, 0.15) is 12.0 Å². The molecule has 2 N–H and O–H groups in total. The normalized spacial score (nSPS) is 14.1. The van der Waals surface area contributed by atoms with Crippen molar-refractivity contribution in [2.45, 2.75) is 19.4 Å². The quantitative estimate of drug-likeness (QED) is 0.622. The summed E-state index contributed by atoms with van der Waals surface area (Å²) in [5, 5.41) is 1.30. The van der Waals surface area contributed by atoms with Gasteiger partial charge in [0, 0.05) is 18.1 Å². The highest BCUT2D eigenvalue weighted by Gasteiger charge is 2.19. The van der Waals surface area contributed by atoms with Crippen LogP contribution in [0, 0.1) is 0 Å². The number of anilines is 1. The summed E-state index contributed by atoms with van der Waals surface area (Å²) in [5.74, 6) is 0.338. The van der Waals surface area contributed by atoms with Crippen molar-refractivity contribution in [1.29, 1.82) is 0 Å². The Morgan fingerprint density at radius 2 is 2.11 bits per heavy atom. The molecule has 94 valence electrons. The van der Waals surface area contributed by atoms with E-state index in [4.69, 9.17) is 5.73 Å². The summed E-state index contributed by atoms with van der Waals surface area (Å²) < 4.78 is 2.21. The van der Waals surface area contributed by atoms with Crippen LogP contribution in [-0.4, -0.2) is 9.55 Å². The van der Waals surface area contributed by atoms with Crippen LogP contribution >= 0.6 is 0 Å². The van der Waals surface area contributed by atoms with Crippen LogP contribution in [0.3, 0.4) is 0 Å². The Bertz CT molecular complexity index is 880. The van der Waals surface area contributed by atoms with Crippen LogP contribution in [0.2, 0.25) is 0 Å². The zero-order chi connectivity index (χ0) is 13.0. The minimum Gasteiger partial charge on any atom is -0.383 e. The second kappa shape index (κ2) is 3.57. The molecule has 1 aliphatic heterocycles. The van der Waals surface area contributed by atoms with Gasteiger partial charge in [-0.15, -0.1) is 0 Å². The number of nitrogen functional groups attached to an aromatic ring is 1. The summed E-state index contributed by atoms with van der Waals surface area (Å²) in [6, 6.07) is 7.72. The summed E-state index contributed by atoms with van der Waals surface area (Å²) in [6.07, 6.45) is 3.84. The molecule has 1 aliphatic rings. The predicted molar refractivity (Wildman–Crippen MR) is 76.2 cm³/mol. The Morgan fingerprint density at radius 3 is 3.00 bits per heavy atom. The van der Waals surface area contributed by atoms with Gasteiger partial charge in [-0.1, -0.05) is 12.1 Å². The number of para-hydroxylation sites is 1. The number of nitrogens with two attached hydrogens (primary N) is 1. The lowest BCUT2D eigenvalue weighted by Gasteiger charge is -2.22. The Balaban J connectivity index is 2.41. The highest BCUT2D eigenvalue weighted by molar-refractivity contribution is 5.99. The average Bonchev–Trinajstić information content (AvgIpc) is 2.45. The molecule has 3 aromatic rings. The van der Waals surface area contributed by atoms with Crippen molar-refractivity contribution in [2.24, 2.45) is 0 Å². The minimum absolute atomic E-state index is 0.00407. The first-order valence-electron chi connectivity index (χ1n) is 6.46. The molecule has 0 spiro atoms. The molecule has 4 nitrogen and oxygen atoms in total. The van der Waals surface area contributed by atoms with Crippen LogP contribution in [0.4, 0.5) is 5.82 Å². The van der Waals surface area contributed by atoms with Crippen LogP contribution in [0.5, 0.6) is 0 Å². The molecule has 0 amide bonds. The number of aromatic nitrogens is 2. The maximum atomic E-state index is 12.6. The van der Waals surface area contributed by atoms with E-state index in [2.05, 4.69) is 9.55 Å². The molecular weight excluding hydrogens is 238 g/mol. The van der Waals surface area contributed by atoms with Crippen LogP contribution in [0.15, 0.2) is 35.3 Å². The van der Waals surface area contributed by atoms with Crippen molar-refractivity contribution in [3.63, 3.8) is 0 Å². The van der Waals surface area contributed by atoms with Crippen LogP contribution < -0.4 is 11.2 Å². The molecule has 0 saturated carbocycles. The molecule has 0 aliphatic carbocycles. The molecule has 2 aromatic heterocycles. The molecule has 0 saturated heterocycles. The average molecular weight is 251 g/mol. The van der Waals surface area contributed by atoms with Gasteiger partial charge in [-0.25, -0.2) is 4.98 Å². The van der Waals surface area contributed by atoms with E-state index in [0.29, 0.717) is 11.2 Å². The van der Waals surface area contributed by atoms with Gasteiger partial charge in [0.15, 0.2) is 0 Å². The summed E-state index contributed by atoms with van der Waals surface area (Å²) in [6.45, 7) is 0.924. The molecule has 19 heavy (non-hydrogen) atoms. The van der Waals surface area contributed by atoms with Gasteiger partial charge in [0.05, 0.1) is 16.4 Å². The highest BCUT2D eigenvalue weighted by Crippen LogP contribution is 2.28. The molecule has 4 rings (SSSR count). The number of nitrogens with zero attached hydrogens (tertiary/aromatic N) is 2. The maximum Gasteiger partial charge on any atom is 0.200 e. The number of rotatable bonds is 0. The highest BCUT2D eigenvalue weighted by atomic mass is 16.1. The fourth-order valence-corrected chi connectivity index (χ4v) is 3.09. The molecule has 0 fully saturated rings. The number of hydrogen-bond donors (Lipinski definition) is 1. The van der Waals surface area contributed by atoms with E-state index >= 15 is 0 Å². The van der Waals surface area contributed by atoms with E-state index in [1.54, 1.807) is 0 Å². The van der Waals surface area contributed by atoms with E-state index in [0.717, 1.165) is 41.4 Å². The summed E-state index contributed by atoms with van der Waals surface area (Å²) >= 11 is 0. The van der Waals surface area contributed by atoms with Crippen LogP contribution in [-0.2, 0) is 13.0 Å². The van der Waals surface area contributed by atoms with E-state index < -0.39 is 0 Å². The molecular formula is C15H13N3O. The van der Waals surface area contributed by atoms with E-state index in [1.807, 2.05) is 30.5 Å². The Hall–Kier alpha value is -2.36. The number of hydrogen-bond acceptors (Lipinski definition) is 3. The monoisotopic (exact) mass is 251 g/mol. The zero-order valence-electron chi connectivity index (χ0n) is 10.4. The van der Waals surface area contributed by atoms with Gasteiger partial charge in [0.1, 0.15) is 5.82 Å². The summed E-state index contributed by atoms with van der Waals surface area (Å²) in [7, 11) is 0. The number of aryl methyl sites for hydroxylation is 2. The largest absolute Gasteiger partial charge is 0.383 e. The first-order chi connectivity index (χ1) is 9.27. The zero-order valence-corrected chi connectivity index (χ0v) is 10.4. The molecule has 0 unspecified atom stereocenters. The summed E-state index contributed by atoms with van der Waals surface area (Å²) in [4.78, 5) is 16.8. The predicted octanol–water partition coefficient (Wildman–Crippen LogP) is 2.08. The molecule has 4 heteroatoms. The first-order valence-corrected chi connectivity index (χ1v) is 6.46. The third-order valence-corrected chi connectivity index (χ3v) is 3.92. The van der Waals surface area contributed by atoms with Crippen molar-refractivity contribution < 1.29 is 0 Å². The Labute approximate surface area is 109 Å². The Kier molecular flexibility index (Phi) is 1.98. The topological polar surface area (TPSA) is 60.9 Å².